The van der Waals surface area contributed by atoms with Gasteiger partial charge in [0.25, 0.3) is 0 Å². The predicted octanol–water partition coefficient (Wildman–Crippen LogP) is 7.14. The van der Waals surface area contributed by atoms with Crippen molar-refractivity contribution in [2.45, 2.75) is 84.2 Å². The molecular weight excluding hydrogens is 507 g/mol. The molecule has 3 aromatic rings. The zero-order chi connectivity index (χ0) is 29.3. The van der Waals surface area contributed by atoms with Crippen LogP contribution in [0.15, 0.2) is 78.9 Å². The Labute approximate surface area is 236 Å². The van der Waals surface area contributed by atoms with Crippen LogP contribution in [-0.2, 0) is 10.8 Å². The maximum Gasteiger partial charge on any atom is 0.324 e. The van der Waals surface area contributed by atoms with E-state index in [9.17, 15) is 10.2 Å². The van der Waals surface area contributed by atoms with Crippen LogP contribution in [-0.4, -0.2) is 31.5 Å². The van der Waals surface area contributed by atoms with Crippen LogP contribution in [0.25, 0.3) is 0 Å². The number of hydrogen-bond donors (Lipinski definition) is 5. The Balaban J connectivity index is 0.00000124. The van der Waals surface area contributed by atoms with Gasteiger partial charge in [0.15, 0.2) is 0 Å². The van der Waals surface area contributed by atoms with Crippen molar-refractivity contribution in [1.82, 2.24) is 0 Å². The lowest BCUT2D eigenvalue weighted by Crippen LogP contribution is -2.35. The summed E-state index contributed by atoms with van der Waals surface area (Å²) in [5.41, 5.74) is 4.69. The summed E-state index contributed by atoms with van der Waals surface area (Å²) in [5.74, 6) is 0. The molecule has 5 nitrogen and oxygen atoms in total. The monoisotopic (exact) mass is 554 g/mol. The van der Waals surface area contributed by atoms with Crippen molar-refractivity contribution in [2.24, 2.45) is 5.41 Å². The molecule has 5 N–H and O–H groups in total. The first-order chi connectivity index (χ1) is 18.4. The Morgan fingerprint density at radius 1 is 0.718 bits per heavy atom. The number of rotatable bonds is 11. The van der Waals surface area contributed by atoms with E-state index >= 15 is 0 Å². The molecular formula is C33H47O5P. The fraction of sp³-hybridized carbons (Fsp3) is 0.455. The first-order valence-electron chi connectivity index (χ1n) is 13.8. The van der Waals surface area contributed by atoms with Crippen LogP contribution in [0.4, 0.5) is 0 Å². The van der Waals surface area contributed by atoms with Crippen LogP contribution < -0.4 is 0 Å². The van der Waals surface area contributed by atoms with E-state index in [0.717, 1.165) is 36.8 Å². The second-order valence-corrected chi connectivity index (χ2v) is 12.0. The van der Waals surface area contributed by atoms with Crippen LogP contribution in [0.2, 0.25) is 0 Å². The van der Waals surface area contributed by atoms with Gasteiger partial charge < -0.3 is 24.9 Å². The van der Waals surface area contributed by atoms with Crippen LogP contribution in [0.3, 0.4) is 0 Å². The topological polar surface area (TPSA) is 101 Å². The molecule has 0 amide bonds. The number of aliphatic hydroxyl groups is 2. The molecule has 0 aliphatic heterocycles. The van der Waals surface area contributed by atoms with Crippen molar-refractivity contribution >= 4 is 8.60 Å². The SMILES string of the molecule is CCCCC(CC)(CO)C(O)c1ccc(C(C)(C)c2ccccc2)cc1C(C)(C)c1ccccc1.OP(O)O. The molecule has 0 fully saturated rings. The molecule has 0 heterocycles. The van der Waals surface area contributed by atoms with Gasteiger partial charge in [-0.2, -0.15) is 0 Å². The third-order valence-corrected chi connectivity index (χ3v) is 8.36. The normalized spacial score (nSPS) is 14.4. The van der Waals surface area contributed by atoms with Gasteiger partial charge in [-0.3, -0.25) is 0 Å². The molecule has 0 aliphatic carbocycles. The average molecular weight is 555 g/mol. The van der Waals surface area contributed by atoms with Gasteiger partial charge in [0, 0.05) is 16.2 Å². The number of unbranched alkanes of at least 4 members (excludes halogenated alkanes) is 1. The van der Waals surface area contributed by atoms with Crippen molar-refractivity contribution in [3.8, 4) is 0 Å². The standard InChI is InChI=1S/C33H44O2.H3O3P/c1-7-9-22-33(8-2,24-34)30(35)28-21-20-27(31(3,4)25-16-12-10-13-17-25)23-29(28)32(5,6)26-18-14-11-15-19-26;1-4(2)3/h10-21,23,30,34-35H,7-9,22,24H2,1-6H3;1-3H. The van der Waals surface area contributed by atoms with E-state index in [0.29, 0.717) is 0 Å². The Morgan fingerprint density at radius 2 is 1.21 bits per heavy atom. The molecule has 0 aliphatic rings. The van der Waals surface area contributed by atoms with Crippen LogP contribution in [0.5, 0.6) is 0 Å². The Kier molecular flexibility index (Phi) is 12.3. The summed E-state index contributed by atoms with van der Waals surface area (Å²) in [6, 6.07) is 27.7. The molecule has 3 aromatic carbocycles. The number of aliphatic hydroxyl groups excluding tert-OH is 2. The third-order valence-electron chi connectivity index (χ3n) is 8.36. The van der Waals surface area contributed by atoms with Gasteiger partial charge in [-0.25, -0.2) is 0 Å². The summed E-state index contributed by atoms with van der Waals surface area (Å²) in [6.07, 6.45) is 2.83. The summed E-state index contributed by atoms with van der Waals surface area (Å²) in [7, 11) is -2.62. The van der Waals surface area contributed by atoms with Crippen molar-refractivity contribution < 1.29 is 24.9 Å². The van der Waals surface area contributed by atoms with Gasteiger partial charge in [0.05, 0.1) is 12.7 Å². The van der Waals surface area contributed by atoms with E-state index in [2.05, 4.69) is 114 Å². The van der Waals surface area contributed by atoms with E-state index in [-0.39, 0.29) is 17.4 Å². The molecule has 0 spiro atoms. The fourth-order valence-electron chi connectivity index (χ4n) is 5.40. The first kappa shape index (κ1) is 33.1. The lowest BCUT2D eigenvalue weighted by atomic mass is 9.67. The quantitative estimate of drug-likeness (QED) is 0.162. The van der Waals surface area contributed by atoms with Crippen molar-refractivity contribution in [1.29, 1.82) is 0 Å². The summed E-state index contributed by atoms with van der Waals surface area (Å²) < 4.78 is 0. The van der Waals surface area contributed by atoms with Crippen molar-refractivity contribution in [2.75, 3.05) is 6.61 Å². The Morgan fingerprint density at radius 3 is 1.64 bits per heavy atom. The Hall–Kier alpha value is -2.11. The van der Waals surface area contributed by atoms with Crippen LogP contribution in [0, 0.1) is 5.41 Å². The van der Waals surface area contributed by atoms with Crippen LogP contribution >= 0.6 is 8.60 Å². The van der Waals surface area contributed by atoms with Gasteiger partial charge in [-0.05, 0) is 40.7 Å². The molecule has 3 rings (SSSR count). The minimum atomic E-state index is -2.62. The van der Waals surface area contributed by atoms with E-state index in [1.54, 1.807) is 0 Å². The van der Waals surface area contributed by atoms with Gasteiger partial charge in [0.2, 0.25) is 0 Å². The largest absolute Gasteiger partial charge is 0.396 e. The zero-order valence-corrected chi connectivity index (χ0v) is 25.2. The average Bonchev–Trinajstić information content (AvgIpc) is 2.94. The minimum Gasteiger partial charge on any atom is -0.396 e. The lowest BCUT2D eigenvalue weighted by molar-refractivity contribution is -0.0310. The zero-order valence-electron chi connectivity index (χ0n) is 24.3. The second-order valence-electron chi connectivity index (χ2n) is 11.4. The van der Waals surface area contributed by atoms with Crippen LogP contribution in [0.1, 0.15) is 101 Å². The van der Waals surface area contributed by atoms with E-state index in [4.69, 9.17) is 14.7 Å². The smallest absolute Gasteiger partial charge is 0.324 e. The summed E-state index contributed by atoms with van der Waals surface area (Å²) >= 11 is 0. The van der Waals surface area contributed by atoms with Crippen molar-refractivity contribution in [3.63, 3.8) is 0 Å². The molecule has 6 heteroatoms. The summed E-state index contributed by atoms with van der Waals surface area (Å²) in [4.78, 5) is 21.7. The van der Waals surface area contributed by atoms with E-state index in [1.807, 2.05) is 6.07 Å². The van der Waals surface area contributed by atoms with Gasteiger partial charge in [-0.15, -0.1) is 0 Å². The molecule has 2 atom stereocenters. The highest BCUT2D eigenvalue weighted by atomic mass is 31.2. The molecule has 0 saturated carbocycles. The Bertz CT molecular complexity index is 1120. The molecule has 0 aromatic heterocycles. The molecule has 0 saturated heterocycles. The third kappa shape index (κ3) is 7.98. The van der Waals surface area contributed by atoms with Gasteiger partial charge in [-0.1, -0.05) is 133 Å². The minimum absolute atomic E-state index is 0.0207. The number of benzene rings is 3. The van der Waals surface area contributed by atoms with Crippen molar-refractivity contribution in [3.05, 3.63) is 107 Å². The van der Waals surface area contributed by atoms with E-state index < -0.39 is 20.1 Å². The summed E-state index contributed by atoms with van der Waals surface area (Å²) in [5, 5.41) is 22.4. The molecule has 0 bridgehead atoms. The highest BCUT2D eigenvalue weighted by Crippen LogP contribution is 2.47. The highest BCUT2D eigenvalue weighted by Gasteiger charge is 2.40. The molecule has 0 radical (unpaired) electrons. The molecule has 39 heavy (non-hydrogen) atoms. The maximum atomic E-state index is 11.9. The van der Waals surface area contributed by atoms with E-state index in [1.165, 1.54) is 16.7 Å². The molecule has 214 valence electrons. The molecule has 2 unspecified atom stereocenters. The van der Waals surface area contributed by atoms with Gasteiger partial charge in [0.1, 0.15) is 0 Å². The lowest BCUT2D eigenvalue weighted by Gasteiger charge is -2.40. The summed E-state index contributed by atoms with van der Waals surface area (Å²) in [6.45, 7) is 13.2. The first-order valence-corrected chi connectivity index (χ1v) is 15.0. The fourth-order valence-corrected chi connectivity index (χ4v) is 5.40. The maximum absolute atomic E-state index is 11.9. The number of hydrogen-bond acceptors (Lipinski definition) is 5. The second kappa shape index (κ2) is 14.5. The highest BCUT2D eigenvalue weighted by molar-refractivity contribution is 7.38. The van der Waals surface area contributed by atoms with Gasteiger partial charge >= 0.3 is 8.60 Å². The predicted molar refractivity (Wildman–Crippen MR) is 161 cm³/mol.